The molecule has 0 aliphatic rings. The van der Waals surface area contributed by atoms with E-state index in [9.17, 15) is 43.2 Å². The monoisotopic (exact) mass is 1350 g/mol. The van der Waals surface area contributed by atoms with Gasteiger partial charge in [0.05, 0.1) is 26.4 Å². The fraction of sp³-hybridized carbons (Fsp3) is 0.945. The van der Waals surface area contributed by atoms with Gasteiger partial charge in [-0.25, -0.2) is 9.13 Å². The predicted molar refractivity (Wildman–Crippen MR) is 372 cm³/mol. The molecule has 19 heteroatoms. The molecule has 0 rings (SSSR count). The van der Waals surface area contributed by atoms with Crippen molar-refractivity contribution in [3.8, 4) is 0 Å². The van der Waals surface area contributed by atoms with Crippen molar-refractivity contribution in [2.45, 2.75) is 388 Å². The van der Waals surface area contributed by atoms with E-state index in [1.54, 1.807) is 0 Å². The molecule has 0 heterocycles. The highest BCUT2D eigenvalue weighted by Gasteiger charge is 2.30. The number of unbranched alkanes of at least 4 members (excludes halogenated alkanes) is 38. The third kappa shape index (κ3) is 65.4. The lowest BCUT2D eigenvalue weighted by atomic mass is 9.99. The average molecular weight is 1350 g/mol. The number of phosphoric acid groups is 2. The molecule has 0 aliphatic heterocycles. The average Bonchev–Trinajstić information content (AvgIpc) is 1.61. The molecule has 92 heavy (non-hydrogen) atoms. The smallest absolute Gasteiger partial charge is 0.462 e. The number of hydrogen-bond donors (Lipinski definition) is 3. The Labute approximate surface area is 562 Å². The largest absolute Gasteiger partial charge is 0.472 e. The quantitative estimate of drug-likeness (QED) is 0.0222. The molecule has 0 aromatic carbocycles. The zero-order chi connectivity index (χ0) is 68.0. The summed E-state index contributed by atoms with van der Waals surface area (Å²) in [6.07, 6.45) is 48.9. The van der Waals surface area contributed by atoms with Crippen LogP contribution in [-0.4, -0.2) is 96.7 Å². The molecule has 0 fully saturated rings. The fourth-order valence-electron chi connectivity index (χ4n) is 11.0. The molecule has 3 unspecified atom stereocenters. The third-order valence-electron chi connectivity index (χ3n) is 17.2. The first-order valence-corrected chi connectivity index (χ1v) is 40.9. The lowest BCUT2D eigenvalue weighted by molar-refractivity contribution is -0.161. The van der Waals surface area contributed by atoms with Crippen LogP contribution in [-0.2, 0) is 65.4 Å². The van der Waals surface area contributed by atoms with E-state index in [0.29, 0.717) is 25.7 Å². The van der Waals surface area contributed by atoms with Crippen LogP contribution in [0.5, 0.6) is 0 Å². The Morgan fingerprint density at radius 1 is 0.315 bits per heavy atom. The van der Waals surface area contributed by atoms with E-state index in [-0.39, 0.29) is 25.7 Å². The molecule has 0 spiro atoms. The van der Waals surface area contributed by atoms with Gasteiger partial charge < -0.3 is 33.8 Å². The van der Waals surface area contributed by atoms with E-state index < -0.39 is 97.5 Å². The van der Waals surface area contributed by atoms with Gasteiger partial charge in [0.2, 0.25) is 0 Å². The maximum absolute atomic E-state index is 13.0. The summed E-state index contributed by atoms with van der Waals surface area (Å²) in [5.74, 6) is 0.261. The van der Waals surface area contributed by atoms with Crippen molar-refractivity contribution in [2.24, 2.45) is 17.8 Å². The molecule has 546 valence electrons. The second-order valence-electron chi connectivity index (χ2n) is 27.5. The van der Waals surface area contributed by atoms with Gasteiger partial charge in [-0.3, -0.25) is 37.3 Å². The van der Waals surface area contributed by atoms with Crippen LogP contribution in [0, 0.1) is 17.8 Å². The van der Waals surface area contributed by atoms with Gasteiger partial charge in [0.1, 0.15) is 19.3 Å². The lowest BCUT2D eigenvalue weighted by Crippen LogP contribution is -2.30. The van der Waals surface area contributed by atoms with Crippen molar-refractivity contribution in [1.29, 1.82) is 0 Å². The van der Waals surface area contributed by atoms with Crippen LogP contribution in [0.4, 0.5) is 0 Å². The van der Waals surface area contributed by atoms with Gasteiger partial charge >= 0.3 is 39.5 Å². The number of ether oxygens (including phenoxy) is 4. The first-order valence-electron chi connectivity index (χ1n) is 37.9. The second-order valence-corrected chi connectivity index (χ2v) is 30.4. The molecule has 0 saturated heterocycles. The summed E-state index contributed by atoms with van der Waals surface area (Å²) in [7, 11) is -9.90. The highest BCUT2D eigenvalue weighted by molar-refractivity contribution is 7.47. The zero-order valence-corrected chi connectivity index (χ0v) is 61.8. The van der Waals surface area contributed by atoms with Crippen LogP contribution in [0.3, 0.4) is 0 Å². The summed E-state index contributed by atoms with van der Waals surface area (Å²) in [5.41, 5.74) is 0. The molecule has 0 bridgehead atoms. The minimum Gasteiger partial charge on any atom is -0.462 e. The molecule has 17 nitrogen and oxygen atoms in total. The Balaban J connectivity index is 5.16. The maximum Gasteiger partial charge on any atom is 0.472 e. The Kier molecular flexibility index (Phi) is 62.4. The Morgan fingerprint density at radius 2 is 0.554 bits per heavy atom. The number of aliphatic hydroxyl groups is 1. The molecule has 6 atom stereocenters. The van der Waals surface area contributed by atoms with E-state index in [1.807, 2.05) is 0 Å². The van der Waals surface area contributed by atoms with E-state index in [0.717, 1.165) is 114 Å². The second kappa shape index (κ2) is 63.8. The molecule has 0 radical (unpaired) electrons. The summed E-state index contributed by atoms with van der Waals surface area (Å²) < 4.78 is 68.2. The van der Waals surface area contributed by atoms with Crippen molar-refractivity contribution >= 4 is 39.5 Å². The van der Waals surface area contributed by atoms with Crippen LogP contribution >= 0.6 is 15.6 Å². The molecule has 3 N–H and O–H groups in total. The normalized spacial score (nSPS) is 14.4. The molecule has 0 aromatic heterocycles. The lowest BCUT2D eigenvalue weighted by Gasteiger charge is -2.21. The zero-order valence-electron chi connectivity index (χ0n) is 60.0. The van der Waals surface area contributed by atoms with Crippen LogP contribution in [0.25, 0.3) is 0 Å². The minimum absolute atomic E-state index is 0.105. The predicted octanol–water partition coefficient (Wildman–Crippen LogP) is 21.0. The molecule has 0 aromatic rings. The summed E-state index contributed by atoms with van der Waals surface area (Å²) in [4.78, 5) is 72.4. The first kappa shape index (κ1) is 90.1. The van der Waals surface area contributed by atoms with Gasteiger partial charge in [0.15, 0.2) is 12.2 Å². The highest BCUT2D eigenvalue weighted by atomic mass is 31.2. The number of carbonyl (C=O) groups is 4. The van der Waals surface area contributed by atoms with Crippen molar-refractivity contribution in [1.82, 2.24) is 0 Å². The number of carbonyl (C=O) groups excluding carboxylic acids is 4. The van der Waals surface area contributed by atoms with E-state index >= 15 is 0 Å². The van der Waals surface area contributed by atoms with Gasteiger partial charge in [0, 0.05) is 25.7 Å². The summed E-state index contributed by atoms with van der Waals surface area (Å²) >= 11 is 0. The number of hydrogen-bond acceptors (Lipinski definition) is 15. The Bertz CT molecular complexity index is 1800. The highest BCUT2D eigenvalue weighted by Crippen LogP contribution is 2.45. The maximum atomic E-state index is 13.0. The van der Waals surface area contributed by atoms with Gasteiger partial charge in [-0.05, 0) is 43.4 Å². The SMILES string of the molecule is CCCCCCCC(=O)OC[C@H](COP(=O)(O)OC[C@H](O)COP(=O)(O)OC[C@@H](COC(=O)CCCCCCCCCCCCCCC(C)C)OC(=O)CCCCCCCCCCCCCCCCC(C)CC)OC(=O)CCCCCCCCCCCCCC(C)C. The van der Waals surface area contributed by atoms with Crippen LogP contribution < -0.4 is 0 Å². The van der Waals surface area contributed by atoms with Gasteiger partial charge in [0.25, 0.3) is 0 Å². The van der Waals surface area contributed by atoms with E-state index in [4.69, 9.17) is 37.0 Å². The van der Waals surface area contributed by atoms with Crippen molar-refractivity contribution in [2.75, 3.05) is 39.6 Å². The Hall–Kier alpha value is -1.94. The molecule has 0 amide bonds. The topological polar surface area (TPSA) is 237 Å². The third-order valence-corrected chi connectivity index (χ3v) is 19.1. The molecule has 0 saturated carbocycles. The molecular formula is C73H142O17P2. The standard InChI is InChI=1S/C73H142O17P2/c1-8-10-11-37-47-54-70(75)83-60-68(89-72(77)57-50-43-36-30-24-18-20-26-32-39-45-52-65(5)6)62-87-91(79,80)85-58-67(74)59-86-92(81,82)88-63-69(61-84-71(76)55-48-41-34-28-22-17-16-19-25-31-38-44-51-64(3)4)90-73(78)56-49-42-35-29-23-15-13-12-14-21-27-33-40-46-53-66(7)9-2/h64-69,74H,8-63H2,1-7H3,(H,79,80)(H,81,82)/t66?,67-,68+,69+/m0/s1. The van der Waals surface area contributed by atoms with Gasteiger partial charge in [-0.15, -0.1) is 0 Å². The molecule has 0 aliphatic carbocycles. The minimum atomic E-state index is -4.95. The van der Waals surface area contributed by atoms with Crippen molar-refractivity contribution in [3.63, 3.8) is 0 Å². The summed E-state index contributed by atoms with van der Waals surface area (Å²) in [5, 5.41) is 10.6. The first-order chi connectivity index (χ1) is 44.3. The number of esters is 4. The number of aliphatic hydroxyl groups excluding tert-OH is 1. The van der Waals surface area contributed by atoms with Crippen molar-refractivity contribution in [3.05, 3.63) is 0 Å². The van der Waals surface area contributed by atoms with Gasteiger partial charge in [-0.1, -0.05) is 318 Å². The summed E-state index contributed by atoms with van der Waals surface area (Å²) in [6, 6.07) is 0. The van der Waals surface area contributed by atoms with Gasteiger partial charge in [-0.2, -0.15) is 0 Å². The summed E-state index contributed by atoms with van der Waals surface area (Å²) in [6.45, 7) is 11.9. The molecular weight excluding hydrogens is 1210 g/mol. The van der Waals surface area contributed by atoms with E-state index in [2.05, 4.69) is 48.5 Å². The number of rotatable bonds is 71. The van der Waals surface area contributed by atoms with Crippen LogP contribution in [0.15, 0.2) is 0 Å². The van der Waals surface area contributed by atoms with Crippen molar-refractivity contribution < 1.29 is 80.2 Å². The van der Waals surface area contributed by atoms with Crippen LogP contribution in [0.2, 0.25) is 0 Å². The van der Waals surface area contributed by atoms with Crippen LogP contribution in [0.1, 0.15) is 370 Å². The Morgan fingerprint density at radius 3 is 0.826 bits per heavy atom. The fourth-order valence-corrected chi connectivity index (χ4v) is 12.6. The van der Waals surface area contributed by atoms with E-state index in [1.165, 1.54) is 173 Å². The number of phosphoric ester groups is 2.